The summed E-state index contributed by atoms with van der Waals surface area (Å²) in [6.45, 7) is 2.07. The van der Waals surface area contributed by atoms with Crippen molar-refractivity contribution in [3.8, 4) is 11.8 Å². The summed E-state index contributed by atoms with van der Waals surface area (Å²) < 4.78 is 37.9. The Kier molecular flexibility index (Phi) is 8.86. The molecule has 3 N–H and O–H groups in total. The third-order valence-electron chi connectivity index (χ3n) is 9.47. The Morgan fingerprint density at radius 2 is 1.89 bits per heavy atom. The van der Waals surface area contributed by atoms with Gasteiger partial charge in [0.1, 0.15) is 17.4 Å². The Hall–Kier alpha value is -4.12. The van der Waals surface area contributed by atoms with Crippen molar-refractivity contribution in [2.24, 2.45) is 17.8 Å². The van der Waals surface area contributed by atoms with Gasteiger partial charge in [0.2, 0.25) is 21.8 Å². The van der Waals surface area contributed by atoms with Crippen molar-refractivity contribution in [2.75, 3.05) is 26.0 Å². The number of ether oxygens (including phenoxy) is 2. The predicted molar refractivity (Wildman–Crippen MR) is 162 cm³/mol. The van der Waals surface area contributed by atoms with E-state index in [0.717, 1.165) is 12.8 Å². The number of methoxy groups -OCH3 is 1. The van der Waals surface area contributed by atoms with Crippen LogP contribution < -0.4 is 20.1 Å². The third kappa shape index (κ3) is 6.63. The van der Waals surface area contributed by atoms with Gasteiger partial charge in [-0.05, 0) is 76.5 Å². The molecule has 0 unspecified atom stereocenters. The van der Waals surface area contributed by atoms with Gasteiger partial charge in [0.25, 0.3) is 5.91 Å². The van der Waals surface area contributed by atoms with Gasteiger partial charge in [0.05, 0.1) is 41.0 Å². The molecule has 5 rings (SSSR count). The number of carbonyl (C=O) groups excluding carboxylic acids is 4. The summed E-state index contributed by atoms with van der Waals surface area (Å²) in [7, 11) is -0.856. The van der Waals surface area contributed by atoms with E-state index >= 15 is 0 Å². The fraction of sp³-hybridized carbons (Fsp3) is 0.581. The van der Waals surface area contributed by atoms with E-state index in [0.29, 0.717) is 37.1 Å². The number of anilines is 1. The number of nitrogens with one attached hydrogen (secondary N) is 3. The summed E-state index contributed by atoms with van der Waals surface area (Å²) in [4.78, 5) is 55.5. The van der Waals surface area contributed by atoms with Crippen LogP contribution in [0.15, 0.2) is 30.4 Å². The van der Waals surface area contributed by atoms with Gasteiger partial charge in [-0.2, -0.15) is 5.26 Å². The quantitative estimate of drug-likeness (QED) is 0.393. The Labute approximate surface area is 262 Å². The van der Waals surface area contributed by atoms with Crippen molar-refractivity contribution in [2.45, 2.75) is 74.7 Å². The van der Waals surface area contributed by atoms with Crippen LogP contribution >= 0.6 is 0 Å². The van der Waals surface area contributed by atoms with E-state index in [1.807, 2.05) is 18.2 Å². The van der Waals surface area contributed by atoms with Gasteiger partial charge in [-0.1, -0.05) is 12.2 Å². The van der Waals surface area contributed by atoms with Crippen LogP contribution in [0.3, 0.4) is 0 Å². The lowest BCUT2D eigenvalue weighted by molar-refractivity contribution is -0.140. The number of hydrogen-bond acceptors (Lipinski definition) is 9. The number of nitriles is 1. The van der Waals surface area contributed by atoms with Gasteiger partial charge in [-0.15, -0.1) is 0 Å². The van der Waals surface area contributed by atoms with Crippen molar-refractivity contribution < 1.29 is 37.1 Å². The van der Waals surface area contributed by atoms with Crippen LogP contribution in [0.2, 0.25) is 0 Å². The van der Waals surface area contributed by atoms with E-state index in [1.165, 1.54) is 25.3 Å². The van der Waals surface area contributed by atoms with E-state index in [1.54, 1.807) is 18.9 Å². The van der Waals surface area contributed by atoms with Crippen molar-refractivity contribution in [3.63, 3.8) is 0 Å². The fourth-order valence-electron chi connectivity index (χ4n) is 6.16. The van der Waals surface area contributed by atoms with Gasteiger partial charge in [-0.25, -0.2) is 13.2 Å². The number of allylic oxidation sites excluding steroid dienone is 1. The molecule has 14 heteroatoms. The average Bonchev–Trinajstić information content (AvgIpc) is 3.88. The molecule has 1 heterocycles. The molecule has 0 bridgehead atoms. The minimum absolute atomic E-state index is 0.0213. The Bertz CT molecular complexity index is 1570. The normalized spacial score (nSPS) is 29.2. The van der Waals surface area contributed by atoms with Gasteiger partial charge in [0.15, 0.2) is 0 Å². The van der Waals surface area contributed by atoms with Crippen LogP contribution in [0.1, 0.15) is 63.9 Å². The first kappa shape index (κ1) is 32.3. The highest BCUT2D eigenvalue weighted by atomic mass is 32.2. The zero-order valence-electron chi connectivity index (χ0n) is 25.6. The topological polar surface area (TPSA) is 184 Å². The molecule has 0 spiro atoms. The Balaban J connectivity index is 1.35. The first-order chi connectivity index (χ1) is 21.3. The van der Waals surface area contributed by atoms with E-state index < -0.39 is 62.1 Å². The predicted octanol–water partition coefficient (Wildman–Crippen LogP) is 2.58. The molecule has 3 aliphatic carbocycles. The van der Waals surface area contributed by atoms with Crippen molar-refractivity contribution >= 4 is 39.5 Å². The first-order valence-corrected chi connectivity index (χ1v) is 16.7. The molecule has 1 aromatic rings. The highest BCUT2D eigenvalue weighted by Crippen LogP contribution is 2.48. The Morgan fingerprint density at radius 3 is 2.58 bits per heavy atom. The second-order valence-corrected chi connectivity index (χ2v) is 14.9. The highest BCUT2D eigenvalue weighted by molar-refractivity contribution is 7.91. The largest absolute Gasteiger partial charge is 0.495 e. The fourth-order valence-corrected chi connectivity index (χ4v) is 7.47. The van der Waals surface area contributed by atoms with Crippen molar-refractivity contribution in [1.29, 1.82) is 5.26 Å². The maximum atomic E-state index is 13.9. The minimum Gasteiger partial charge on any atom is -0.495 e. The van der Waals surface area contributed by atoms with Crippen LogP contribution in [0.5, 0.6) is 5.75 Å². The van der Waals surface area contributed by atoms with Gasteiger partial charge in [0, 0.05) is 19.5 Å². The molecule has 0 aromatic heterocycles. The maximum Gasteiger partial charge on any atom is 0.412 e. The van der Waals surface area contributed by atoms with Crippen LogP contribution in [0.4, 0.5) is 10.5 Å². The van der Waals surface area contributed by atoms with Gasteiger partial charge >= 0.3 is 6.09 Å². The molecule has 1 aromatic carbocycles. The summed E-state index contributed by atoms with van der Waals surface area (Å²) in [6, 6.07) is 6.51. The lowest BCUT2D eigenvalue weighted by Gasteiger charge is -2.27. The molecule has 5 atom stereocenters. The van der Waals surface area contributed by atoms with Gasteiger partial charge < -0.3 is 19.7 Å². The van der Waals surface area contributed by atoms with E-state index in [2.05, 4.69) is 15.4 Å². The molecule has 13 nitrogen and oxygen atoms in total. The zero-order valence-corrected chi connectivity index (χ0v) is 26.4. The Morgan fingerprint density at radius 1 is 1.16 bits per heavy atom. The number of amides is 4. The molecule has 45 heavy (non-hydrogen) atoms. The third-order valence-corrected chi connectivity index (χ3v) is 11.6. The van der Waals surface area contributed by atoms with E-state index in [4.69, 9.17) is 9.47 Å². The molecule has 4 aliphatic rings. The summed E-state index contributed by atoms with van der Waals surface area (Å²) in [5.74, 6) is -3.47. The average molecular weight is 642 g/mol. The second kappa shape index (κ2) is 12.3. The summed E-state index contributed by atoms with van der Waals surface area (Å²) >= 11 is 0. The zero-order chi connectivity index (χ0) is 32.6. The van der Waals surface area contributed by atoms with Crippen LogP contribution in [-0.4, -0.2) is 74.2 Å². The lowest BCUT2D eigenvalue weighted by atomic mass is 9.93. The number of rotatable bonds is 6. The molecule has 0 radical (unpaired) electrons. The second-order valence-electron chi connectivity index (χ2n) is 12.7. The van der Waals surface area contributed by atoms with E-state index in [9.17, 15) is 32.9 Å². The molecule has 3 saturated carbocycles. The monoisotopic (exact) mass is 641 g/mol. The molecular weight excluding hydrogens is 602 g/mol. The standard InChI is InChI=1S/C31H39N5O8S/c1-30(11-12-30)45(41,42)35-28(39)31-17-20(31)8-6-4-5-7-13-36(2)27(38)23-16-21(15-22(23)26(37)34-31)44-29(40)33-24-14-19(18-32)9-10-25(24)43-3/h6,8-10,14,20-23H,4-5,7,11-13,15-17H2,1-3H3,(H,33,40)(H,34,37)(H,35,39)/t20-,21-,22-,23-,31-/m1/s1. The molecule has 4 amide bonds. The number of hydrogen-bond donors (Lipinski definition) is 3. The smallest absolute Gasteiger partial charge is 0.412 e. The molecule has 1 aliphatic heterocycles. The minimum atomic E-state index is -3.94. The summed E-state index contributed by atoms with van der Waals surface area (Å²) in [5, 5.41) is 14.6. The number of fused-ring (bicyclic) bond motifs is 2. The van der Waals surface area contributed by atoms with E-state index in [-0.39, 0.29) is 30.9 Å². The summed E-state index contributed by atoms with van der Waals surface area (Å²) in [6.07, 6.45) is 5.59. The number of sulfonamides is 1. The number of benzene rings is 1. The molecular formula is C31H39N5O8S. The van der Waals surface area contributed by atoms with Crippen molar-refractivity contribution in [3.05, 3.63) is 35.9 Å². The lowest BCUT2D eigenvalue weighted by Crippen LogP contribution is -2.55. The molecule has 3 fully saturated rings. The SMILES string of the molecule is COc1ccc(C#N)cc1NC(=O)O[C@@H]1C[C@H]2C(=O)N[C@]3(C(=O)NS(=O)(=O)C4(C)CC4)C[C@H]3C=CCCCCN(C)C(=O)[C@@H]2C1. The summed E-state index contributed by atoms with van der Waals surface area (Å²) in [5.41, 5.74) is -0.942. The molecule has 0 saturated heterocycles. The number of carbonyl (C=O) groups is 4. The first-order valence-electron chi connectivity index (χ1n) is 15.2. The van der Waals surface area contributed by atoms with Gasteiger partial charge in [-0.3, -0.25) is 24.4 Å². The highest BCUT2D eigenvalue weighted by Gasteiger charge is 2.63. The van der Waals surface area contributed by atoms with Crippen molar-refractivity contribution in [1.82, 2.24) is 14.9 Å². The number of nitrogens with zero attached hydrogens (tertiary/aromatic N) is 2. The van der Waals surface area contributed by atoms with Crippen LogP contribution in [0, 0.1) is 29.1 Å². The maximum absolute atomic E-state index is 13.9. The molecule has 242 valence electrons. The van der Waals surface area contributed by atoms with Crippen LogP contribution in [-0.2, 0) is 29.1 Å². The van der Waals surface area contributed by atoms with Crippen LogP contribution in [0.25, 0.3) is 0 Å².